The molecule has 0 aromatic rings. The van der Waals surface area contributed by atoms with Gasteiger partial charge < -0.3 is 19.1 Å². The number of nitrogens with zero attached hydrogens (tertiary/aromatic N) is 1. The lowest BCUT2D eigenvalue weighted by molar-refractivity contribution is -0.183. The summed E-state index contributed by atoms with van der Waals surface area (Å²) in [6, 6.07) is 0.598. The third-order valence-electron chi connectivity index (χ3n) is 5.68. The first kappa shape index (κ1) is 18.0. The number of hydrogen-bond donors (Lipinski definition) is 0. The van der Waals surface area contributed by atoms with Crippen LogP contribution >= 0.6 is 0 Å². The van der Waals surface area contributed by atoms with Gasteiger partial charge in [-0.1, -0.05) is 0 Å². The molecule has 0 bridgehead atoms. The van der Waals surface area contributed by atoms with Gasteiger partial charge >= 0.3 is 6.09 Å². The fourth-order valence-corrected chi connectivity index (χ4v) is 4.47. The molecule has 0 radical (unpaired) electrons. The Balaban J connectivity index is 1.55. The average Bonchev–Trinajstić information content (AvgIpc) is 3.07. The van der Waals surface area contributed by atoms with Gasteiger partial charge in [0.25, 0.3) is 0 Å². The third-order valence-corrected chi connectivity index (χ3v) is 5.68. The number of hydrogen-bond acceptors (Lipinski definition) is 4. The summed E-state index contributed by atoms with van der Waals surface area (Å²) in [7, 11) is 0. The summed E-state index contributed by atoms with van der Waals surface area (Å²) >= 11 is 0. The molecule has 3 rings (SSSR count). The normalized spacial score (nSPS) is 30.9. The van der Waals surface area contributed by atoms with Gasteiger partial charge in [0.1, 0.15) is 5.60 Å². The standard InChI is InChI=1S/C19H33NO4/c1-14-5-6-16(20(14)17(21)24-18(2,3)4)13-15-7-9-19(10-8-15)22-11-12-23-19/h14-16H,5-13H2,1-4H3/t14-,16?/m0/s1. The van der Waals surface area contributed by atoms with Crippen LogP contribution in [-0.4, -0.2) is 47.7 Å². The van der Waals surface area contributed by atoms with Crippen LogP contribution in [0.15, 0.2) is 0 Å². The van der Waals surface area contributed by atoms with Crippen molar-refractivity contribution in [3.8, 4) is 0 Å². The highest BCUT2D eigenvalue weighted by Gasteiger charge is 2.43. The summed E-state index contributed by atoms with van der Waals surface area (Å²) in [5, 5.41) is 0. The van der Waals surface area contributed by atoms with E-state index in [1.807, 2.05) is 25.7 Å². The van der Waals surface area contributed by atoms with E-state index in [-0.39, 0.29) is 17.9 Å². The predicted molar refractivity (Wildman–Crippen MR) is 91.8 cm³/mol. The van der Waals surface area contributed by atoms with Crippen LogP contribution in [0.25, 0.3) is 0 Å². The lowest BCUT2D eigenvalue weighted by Crippen LogP contribution is -2.44. The summed E-state index contributed by atoms with van der Waals surface area (Å²) in [5.41, 5.74) is -0.432. The molecule has 0 aromatic carbocycles. The van der Waals surface area contributed by atoms with Gasteiger partial charge in [0.2, 0.25) is 0 Å². The van der Waals surface area contributed by atoms with E-state index < -0.39 is 5.60 Å². The molecule has 138 valence electrons. The fraction of sp³-hybridized carbons (Fsp3) is 0.947. The topological polar surface area (TPSA) is 48.0 Å². The van der Waals surface area contributed by atoms with E-state index in [0.717, 1.165) is 58.2 Å². The second-order valence-corrected chi connectivity index (χ2v) is 8.75. The second kappa shape index (κ2) is 6.83. The highest BCUT2D eigenvalue weighted by Crippen LogP contribution is 2.41. The third kappa shape index (κ3) is 4.05. The summed E-state index contributed by atoms with van der Waals surface area (Å²) in [6.45, 7) is 9.41. The van der Waals surface area contributed by atoms with E-state index in [9.17, 15) is 4.79 Å². The average molecular weight is 339 g/mol. The minimum absolute atomic E-state index is 0.146. The first-order valence-electron chi connectivity index (χ1n) is 9.57. The van der Waals surface area contributed by atoms with Crippen LogP contribution in [0.5, 0.6) is 0 Å². The van der Waals surface area contributed by atoms with E-state index in [2.05, 4.69) is 6.92 Å². The van der Waals surface area contributed by atoms with E-state index in [4.69, 9.17) is 14.2 Å². The maximum absolute atomic E-state index is 12.6. The molecule has 1 spiro atoms. The molecule has 1 saturated carbocycles. The zero-order chi connectivity index (χ0) is 17.4. The van der Waals surface area contributed by atoms with Crippen molar-refractivity contribution in [2.75, 3.05) is 13.2 Å². The van der Waals surface area contributed by atoms with Crippen LogP contribution in [0, 0.1) is 5.92 Å². The first-order valence-corrected chi connectivity index (χ1v) is 9.57. The van der Waals surface area contributed by atoms with E-state index in [1.54, 1.807) is 0 Å². The Kier molecular flexibility index (Phi) is 5.12. The maximum Gasteiger partial charge on any atom is 0.410 e. The summed E-state index contributed by atoms with van der Waals surface area (Å²) in [5.74, 6) is 0.369. The molecule has 1 amide bonds. The van der Waals surface area contributed by atoms with E-state index in [1.165, 1.54) is 0 Å². The lowest BCUT2D eigenvalue weighted by Gasteiger charge is -2.38. The monoisotopic (exact) mass is 339 g/mol. The Morgan fingerprint density at radius 3 is 2.33 bits per heavy atom. The molecular formula is C19H33NO4. The molecule has 0 N–H and O–H groups in total. The Labute approximate surface area is 146 Å². The Morgan fingerprint density at radius 2 is 1.75 bits per heavy atom. The Morgan fingerprint density at radius 1 is 1.12 bits per heavy atom. The fourth-order valence-electron chi connectivity index (χ4n) is 4.47. The van der Waals surface area contributed by atoms with Crippen molar-refractivity contribution in [2.45, 2.75) is 96.1 Å². The zero-order valence-corrected chi connectivity index (χ0v) is 15.7. The molecule has 1 unspecified atom stereocenters. The molecule has 5 heteroatoms. The zero-order valence-electron chi connectivity index (χ0n) is 15.7. The van der Waals surface area contributed by atoms with Crippen LogP contribution in [0.2, 0.25) is 0 Å². The van der Waals surface area contributed by atoms with Crippen molar-refractivity contribution in [1.82, 2.24) is 4.90 Å². The Bertz CT molecular complexity index is 443. The predicted octanol–water partition coefficient (Wildman–Crippen LogP) is 4.10. The van der Waals surface area contributed by atoms with Crippen molar-refractivity contribution in [2.24, 2.45) is 5.92 Å². The number of carbonyl (C=O) groups is 1. The van der Waals surface area contributed by atoms with Gasteiger partial charge in [-0.05, 0) is 65.7 Å². The molecule has 1 aliphatic carbocycles. The number of likely N-dealkylation sites (tertiary alicyclic amines) is 1. The number of carbonyl (C=O) groups excluding carboxylic acids is 1. The lowest BCUT2D eigenvalue weighted by atomic mass is 9.81. The van der Waals surface area contributed by atoms with Crippen molar-refractivity contribution in [3.05, 3.63) is 0 Å². The smallest absolute Gasteiger partial charge is 0.410 e. The van der Waals surface area contributed by atoms with Crippen LogP contribution < -0.4 is 0 Å². The quantitative estimate of drug-likeness (QED) is 0.760. The highest BCUT2D eigenvalue weighted by molar-refractivity contribution is 5.69. The van der Waals surface area contributed by atoms with Crippen molar-refractivity contribution < 1.29 is 19.0 Å². The van der Waals surface area contributed by atoms with Gasteiger partial charge in [0, 0.05) is 24.9 Å². The van der Waals surface area contributed by atoms with Crippen LogP contribution in [0.1, 0.15) is 72.6 Å². The molecule has 2 saturated heterocycles. The van der Waals surface area contributed by atoms with Gasteiger partial charge in [-0.25, -0.2) is 4.79 Å². The molecule has 24 heavy (non-hydrogen) atoms. The van der Waals surface area contributed by atoms with Gasteiger partial charge in [0.05, 0.1) is 13.2 Å². The molecule has 3 fully saturated rings. The number of ether oxygens (including phenoxy) is 3. The maximum atomic E-state index is 12.6. The van der Waals surface area contributed by atoms with E-state index >= 15 is 0 Å². The van der Waals surface area contributed by atoms with Crippen LogP contribution in [0.4, 0.5) is 4.79 Å². The molecule has 2 atom stereocenters. The van der Waals surface area contributed by atoms with Crippen LogP contribution in [0.3, 0.4) is 0 Å². The van der Waals surface area contributed by atoms with Gasteiger partial charge in [-0.15, -0.1) is 0 Å². The minimum atomic E-state index is -0.432. The number of amides is 1. The summed E-state index contributed by atoms with van der Waals surface area (Å²) in [6.07, 6.45) is 7.35. The highest BCUT2D eigenvalue weighted by atomic mass is 16.7. The number of rotatable bonds is 2. The van der Waals surface area contributed by atoms with Crippen LogP contribution in [-0.2, 0) is 14.2 Å². The molecule has 2 heterocycles. The van der Waals surface area contributed by atoms with Gasteiger partial charge in [-0.3, -0.25) is 0 Å². The molecule has 2 aliphatic heterocycles. The largest absolute Gasteiger partial charge is 0.444 e. The molecule has 3 aliphatic rings. The minimum Gasteiger partial charge on any atom is -0.444 e. The van der Waals surface area contributed by atoms with Crippen molar-refractivity contribution >= 4 is 6.09 Å². The molecular weight excluding hydrogens is 306 g/mol. The van der Waals surface area contributed by atoms with Gasteiger partial charge in [-0.2, -0.15) is 0 Å². The summed E-state index contributed by atoms with van der Waals surface area (Å²) in [4.78, 5) is 14.6. The summed E-state index contributed by atoms with van der Waals surface area (Å²) < 4.78 is 17.3. The molecule has 5 nitrogen and oxygen atoms in total. The Hall–Kier alpha value is -0.810. The van der Waals surface area contributed by atoms with Crippen molar-refractivity contribution in [1.29, 1.82) is 0 Å². The SMILES string of the molecule is C[C@H]1CCC(CC2CCC3(CC2)OCCO3)N1C(=O)OC(C)(C)C. The van der Waals surface area contributed by atoms with Crippen molar-refractivity contribution in [3.63, 3.8) is 0 Å². The molecule has 0 aromatic heterocycles. The first-order chi connectivity index (χ1) is 11.3. The van der Waals surface area contributed by atoms with E-state index in [0.29, 0.717) is 12.0 Å². The van der Waals surface area contributed by atoms with Gasteiger partial charge in [0.15, 0.2) is 5.79 Å². The second-order valence-electron chi connectivity index (χ2n) is 8.75.